The summed E-state index contributed by atoms with van der Waals surface area (Å²) in [5, 5.41) is 9.88. The van der Waals surface area contributed by atoms with E-state index in [9.17, 15) is 5.11 Å². The van der Waals surface area contributed by atoms with Crippen molar-refractivity contribution in [2.45, 2.75) is 32.8 Å². The Morgan fingerprint density at radius 1 is 1.36 bits per heavy atom. The predicted octanol–water partition coefficient (Wildman–Crippen LogP) is 2.51. The fourth-order valence-electron chi connectivity index (χ4n) is 1.87. The lowest BCUT2D eigenvalue weighted by Gasteiger charge is -2.14. The van der Waals surface area contributed by atoms with Crippen LogP contribution >= 0.6 is 0 Å². The summed E-state index contributed by atoms with van der Waals surface area (Å²) >= 11 is 0. The van der Waals surface area contributed by atoms with E-state index in [2.05, 4.69) is 6.92 Å². The van der Waals surface area contributed by atoms with Crippen molar-refractivity contribution >= 4 is 0 Å². The zero-order valence-corrected chi connectivity index (χ0v) is 8.71. The van der Waals surface area contributed by atoms with E-state index >= 15 is 0 Å². The molecule has 0 bridgehead atoms. The second kappa shape index (κ2) is 3.62. The lowest BCUT2D eigenvalue weighted by Crippen LogP contribution is -1.99. The van der Waals surface area contributed by atoms with Crippen LogP contribution in [0.15, 0.2) is 12.1 Å². The molecule has 0 aliphatic carbocycles. The van der Waals surface area contributed by atoms with Crippen LogP contribution in [0.3, 0.4) is 0 Å². The fraction of sp³-hybridized carbons (Fsp3) is 0.500. The van der Waals surface area contributed by atoms with E-state index in [1.54, 1.807) is 0 Å². The molecule has 1 atom stereocenters. The first-order chi connectivity index (χ1) is 6.70. The molecule has 1 aliphatic rings. The number of hydrogen-bond donors (Lipinski definition) is 1. The topological polar surface area (TPSA) is 29.5 Å². The maximum atomic E-state index is 9.88. The van der Waals surface area contributed by atoms with Gasteiger partial charge in [-0.1, -0.05) is 12.1 Å². The quantitative estimate of drug-likeness (QED) is 0.684. The van der Waals surface area contributed by atoms with Crippen LogP contribution in [-0.2, 0) is 0 Å². The van der Waals surface area contributed by atoms with Gasteiger partial charge in [0.2, 0.25) is 0 Å². The van der Waals surface area contributed by atoms with E-state index < -0.39 is 0 Å². The summed E-state index contributed by atoms with van der Waals surface area (Å²) in [6.45, 7) is 4.83. The molecule has 2 rings (SSSR count). The largest absolute Gasteiger partial charge is 0.493 e. The Bertz CT molecular complexity index is 344. The number of aliphatic hydroxyl groups is 1. The summed E-state index contributed by atoms with van der Waals surface area (Å²) in [5.74, 6) is 0.898. The minimum absolute atomic E-state index is 0.355. The van der Waals surface area contributed by atoms with E-state index in [1.165, 1.54) is 5.56 Å². The summed E-state index contributed by atoms with van der Waals surface area (Å²) in [6, 6.07) is 4.03. The third-order valence-electron chi connectivity index (χ3n) is 2.93. The first-order valence-corrected chi connectivity index (χ1v) is 5.11. The van der Waals surface area contributed by atoms with Crippen molar-refractivity contribution in [3.05, 3.63) is 28.8 Å². The normalized spacial score (nSPS) is 20.9. The molecule has 14 heavy (non-hydrogen) atoms. The maximum absolute atomic E-state index is 9.88. The van der Waals surface area contributed by atoms with Gasteiger partial charge < -0.3 is 9.84 Å². The van der Waals surface area contributed by atoms with Crippen LogP contribution in [0.2, 0.25) is 0 Å². The molecule has 0 spiro atoms. The summed E-state index contributed by atoms with van der Waals surface area (Å²) in [5.41, 5.74) is 3.33. The molecule has 2 heteroatoms. The minimum atomic E-state index is -0.355. The van der Waals surface area contributed by atoms with Crippen LogP contribution in [0, 0.1) is 13.8 Å². The van der Waals surface area contributed by atoms with Gasteiger partial charge in [-0.05, 0) is 37.8 Å². The highest BCUT2D eigenvalue weighted by Gasteiger charge is 2.19. The first kappa shape index (κ1) is 9.53. The van der Waals surface area contributed by atoms with Crippen LogP contribution in [0.4, 0.5) is 0 Å². The lowest BCUT2D eigenvalue weighted by molar-refractivity contribution is 0.167. The Morgan fingerprint density at radius 2 is 2.14 bits per heavy atom. The molecule has 0 saturated heterocycles. The van der Waals surface area contributed by atoms with Gasteiger partial charge in [-0.15, -0.1) is 0 Å². The average Bonchev–Trinajstić information content (AvgIpc) is 2.35. The van der Waals surface area contributed by atoms with E-state index in [4.69, 9.17) is 4.74 Å². The Morgan fingerprint density at radius 3 is 2.93 bits per heavy atom. The van der Waals surface area contributed by atoms with Crippen LogP contribution < -0.4 is 4.74 Å². The highest BCUT2D eigenvalue weighted by Crippen LogP contribution is 2.35. The van der Waals surface area contributed by atoms with E-state index in [0.29, 0.717) is 6.61 Å². The maximum Gasteiger partial charge on any atom is 0.128 e. The van der Waals surface area contributed by atoms with E-state index in [-0.39, 0.29) is 6.10 Å². The van der Waals surface area contributed by atoms with Gasteiger partial charge in [-0.2, -0.15) is 0 Å². The van der Waals surface area contributed by atoms with Crippen LogP contribution in [-0.4, -0.2) is 11.7 Å². The SMILES string of the molecule is Cc1ccc2c(c1C)OCCC[C@H]2O. The Balaban J connectivity index is 2.53. The van der Waals surface area contributed by atoms with Gasteiger partial charge in [-0.3, -0.25) is 0 Å². The van der Waals surface area contributed by atoms with Gasteiger partial charge in [0.1, 0.15) is 5.75 Å². The second-order valence-electron chi connectivity index (χ2n) is 3.93. The molecule has 0 amide bonds. The van der Waals surface area contributed by atoms with Crippen molar-refractivity contribution in [2.75, 3.05) is 6.61 Å². The van der Waals surface area contributed by atoms with Gasteiger partial charge in [0.15, 0.2) is 0 Å². The summed E-state index contributed by atoms with van der Waals surface area (Å²) < 4.78 is 5.67. The van der Waals surface area contributed by atoms with E-state index in [0.717, 1.165) is 29.7 Å². The molecule has 0 unspecified atom stereocenters. The Labute approximate surface area is 84.5 Å². The molecule has 0 radical (unpaired) electrons. The third-order valence-corrected chi connectivity index (χ3v) is 2.93. The molecule has 0 aromatic heterocycles. The fourth-order valence-corrected chi connectivity index (χ4v) is 1.87. The van der Waals surface area contributed by atoms with Gasteiger partial charge >= 0.3 is 0 Å². The number of benzene rings is 1. The van der Waals surface area contributed by atoms with Crippen molar-refractivity contribution in [3.63, 3.8) is 0 Å². The third kappa shape index (κ3) is 1.50. The highest BCUT2D eigenvalue weighted by molar-refractivity contribution is 5.46. The van der Waals surface area contributed by atoms with Crippen molar-refractivity contribution in [2.24, 2.45) is 0 Å². The van der Waals surface area contributed by atoms with Crippen LogP contribution in [0.25, 0.3) is 0 Å². The highest BCUT2D eigenvalue weighted by atomic mass is 16.5. The molecule has 2 nitrogen and oxygen atoms in total. The van der Waals surface area contributed by atoms with Gasteiger partial charge in [0.25, 0.3) is 0 Å². The predicted molar refractivity (Wildman–Crippen MR) is 55.6 cm³/mol. The zero-order valence-electron chi connectivity index (χ0n) is 8.71. The van der Waals surface area contributed by atoms with Crippen molar-refractivity contribution in [3.8, 4) is 5.75 Å². The molecule has 0 saturated carbocycles. The summed E-state index contributed by atoms with van der Waals surface area (Å²) in [7, 11) is 0. The standard InChI is InChI=1S/C12H16O2/c1-8-5-6-10-11(13)4-3-7-14-12(10)9(8)2/h5-6,11,13H,3-4,7H2,1-2H3/t11-/m1/s1. The molecular formula is C12H16O2. The van der Waals surface area contributed by atoms with Crippen molar-refractivity contribution < 1.29 is 9.84 Å². The van der Waals surface area contributed by atoms with Gasteiger partial charge in [0.05, 0.1) is 12.7 Å². The lowest BCUT2D eigenvalue weighted by atomic mass is 9.99. The number of aliphatic hydroxyl groups excluding tert-OH is 1. The molecule has 1 heterocycles. The minimum Gasteiger partial charge on any atom is -0.493 e. The van der Waals surface area contributed by atoms with Gasteiger partial charge in [-0.25, -0.2) is 0 Å². The number of aryl methyl sites for hydroxylation is 1. The van der Waals surface area contributed by atoms with Gasteiger partial charge in [0, 0.05) is 5.56 Å². The summed E-state index contributed by atoms with van der Waals surface area (Å²) in [4.78, 5) is 0. The number of fused-ring (bicyclic) bond motifs is 1. The molecule has 76 valence electrons. The number of hydrogen-bond acceptors (Lipinski definition) is 2. The zero-order chi connectivity index (χ0) is 10.1. The smallest absolute Gasteiger partial charge is 0.128 e. The number of ether oxygens (including phenoxy) is 1. The van der Waals surface area contributed by atoms with Crippen molar-refractivity contribution in [1.29, 1.82) is 0 Å². The molecular weight excluding hydrogens is 176 g/mol. The molecule has 0 fully saturated rings. The Kier molecular flexibility index (Phi) is 2.46. The monoisotopic (exact) mass is 192 g/mol. The molecule has 1 aromatic rings. The molecule has 1 aromatic carbocycles. The Hall–Kier alpha value is -1.02. The average molecular weight is 192 g/mol. The van der Waals surface area contributed by atoms with Crippen molar-refractivity contribution in [1.82, 2.24) is 0 Å². The number of rotatable bonds is 0. The van der Waals surface area contributed by atoms with E-state index in [1.807, 2.05) is 19.1 Å². The second-order valence-corrected chi connectivity index (χ2v) is 3.93. The van der Waals surface area contributed by atoms with Crippen LogP contribution in [0.5, 0.6) is 5.75 Å². The summed E-state index contributed by atoms with van der Waals surface area (Å²) in [6.07, 6.45) is 1.37. The molecule has 1 aliphatic heterocycles. The molecule has 1 N–H and O–H groups in total. The first-order valence-electron chi connectivity index (χ1n) is 5.11. The van der Waals surface area contributed by atoms with Crippen LogP contribution in [0.1, 0.15) is 35.6 Å².